The van der Waals surface area contributed by atoms with E-state index in [4.69, 9.17) is 9.47 Å². The lowest BCUT2D eigenvalue weighted by molar-refractivity contribution is -0.137. The van der Waals surface area contributed by atoms with Crippen molar-refractivity contribution in [1.29, 1.82) is 0 Å². The second-order valence-corrected chi connectivity index (χ2v) is 7.94. The number of ether oxygens (including phenoxy) is 2. The number of hydrogen-bond donors (Lipinski definition) is 0. The van der Waals surface area contributed by atoms with E-state index in [9.17, 15) is 14.0 Å². The van der Waals surface area contributed by atoms with Gasteiger partial charge in [-0.2, -0.15) is 0 Å². The maximum atomic E-state index is 14.9. The van der Waals surface area contributed by atoms with Crippen LogP contribution in [-0.2, 0) is 9.59 Å². The van der Waals surface area contributed by atoms with E-state index in [0.717, 1.165) is 11.1 Å². The Morgan fingerprint density at radius 3 is 2.00 bits per heavy atom. The van der Waals surface area contributed by atoms with Gasteiger partial charge < -0.3 is 9.47 Å². The van der Waals surface area contributed by atoms with E-state index in [2.05, 4.69) is 6.58 Å². The summed E-state index contributed by atoms with van der Waals surface area (Å²) in [4.78, 5) is 23.4. The normalized spacial score (nSPS) is 10.7. The van der Waals surface area contributed by atoms with E-state index in [-0.39, 0.29) is 17.7 Å². The molecule has 0 radical (unpaired) electrons. The highest BCUT2D eigenvalue weighted by atomic mass is 19.1. The van der Waals surface area contributed by atoms with E-state index >= 15 is 0 Å². The van der Waals surface area contributed by atoms with Gasteiger partial charge in [-0.3, -0.25) is 4.79 Å². The summed E-state index contributed by atoms with van der Waals surface area (Å²) in [5, 5.41) is 0. The predicted molar refractivity (Wildman–Crippen MR) is 123 cm³/mol. The van der Waals surface area contributed by atoms with Crippen LogP contribution in [0.4, 0.5) is 4.39 Å². The third kappa shape index (κ3) is 5.30. The van der Waals surface area contributed by atoms with Gasteiger partial charge in [-0.25, -0.2) is 9.18 Å². The molecule has 0 aliphatic rings. The maximum Gasteiger partial charge on any atom is 0.338 e. The highest BCUT2D eigenvalue weighted by Crippen LogP contribution is 2.32. The van der Waals surface area contributed by atoms with Gasteiger partial charge in [0.2, 0.25) is 0 Å². The first-order valence-electron chi connectivity index (χ1n) is 10.3. The van der Waals surface area contributed by atoms with Crippen LogP contribution in [0.2, 0.25) is 0 Å². The Hall–Kier alpha value is -3.73. The quantitative estimate of drug-likeness (QED) is 0.253. The summed E-state index contributed by atoms with van der Waals surface area (Å²) in [6.45, 7) is 10.5. The minimum Gasteiger partial charge on any atom is -0.426 e. The molecule has 0 saturated heterocycles. The Bertz CT molecular complexity index is 1180. The second kappa shape index (κ2) is 9.60. The summed E-state index contributed by atoms with van der Waals surface area (Å²) in [6, 6.07) is 17.0. The van der Waals surface area contributed by atoms with Gasteiger partial charge in [-0.05, 0) is 66.4 Å². The molecule has 0 bridgehead atoms. The molecule has 0 N–H and O–H groups in total. The molecule has 0 aliphatic carbocycles. The molecule has 0 atom stereocenters. The molecule has 5 heteroatoms. The molecular weight excluding hydrogens is 407 g/mol. The Kier molecular flexibility index (Phi) is 6.89. The first-order chi connectivity index (χ1) is 15.2. The van der Waals surface area contributed by atoms with Crippen molar-refractivity contribution >= 4 is 11.9 Å². The number of benzene rings is 3. The fraction of sp³-hybridized carbons (Fsp3) is 0.185. The van der Waals surface area contributed by atoms with Gasteiger partial charge in [0, 0.05) is 11.1 Å². The molecule has 0 fully saturated rings. The number of halogens is 1. The third-order valence-corrected chi connectivity index (χ3v) is 4.89. The van der Waals surface area contributed by atoms with Crippen molar-refractivity contribution in [2.75, 3.05) is 0 Å². The lowest BCUT2D eigenvalue weighted by Crippen LogP contribution is -2.14. The van der Waals surface area contributed by atoms with E-state index in [0.29, 0.717) is 33.8 Å². The Balaban J connectivity index is 1.81. The molecule has 3 aromatic rings. The molecule has 0 spiro atoms. The van der Waals surface area contributed by atoms with Crippen LogP contribution in [0, 0.1) is 18.7 Å². The number of carbonyl (C=O) groups is 2. The van der Waals surface area contributed by atoms with Crippen molar-refractivity contribution in [3.05, 3.63) is 84.2 Å². The minimum atomic E-state index is -0.488. The fourth-order valence-corrected chi connectivity index (χ4v) is 3.07. The van der Waals surface area contributed by atoms with Crippen molar-refractivity contribution < 1.29 is 23.5 Å². The average Bonchev–Trinajstić information content (AvgIpc) is 2.74. The number of rotatable bonds is 6. The van der Waals surface area contributed by atoms with Crippen LogP contribution in [0.1, 0.15) is 26.3 Å². The smallest absolute Gasteiger partial charge is 0.338 e. The van der Waals surface area contributed by atoms with Gasteiger partial charge in [0.15, 0.2) is 0 Å². The number of aryl methyl sites for hydroxylation is 1. The summed E-state index contributed by atoms with van der Waals surface area (Å²) in [6.07, 6.45) is 0. The van der Waals surface area contributed by atoms with Crippen molar-refractivity contribution in [3.8, 4) is 33.8 Å². The van der Waals surface area contributed by atoms with Crippen molar-refractivity contribution in [2.24, 2.45) is 5.92 Å². The minimum absolute atomic E-state index is 0.227. The summed E-state index contributed by atoms with van der Waals surface area (Å²) in [5.41, 5.74) is 3.83. The third-order valence-electron chi connectivity index (χ3n) is 4.89. The Morgan fingerprint density at radius 2 is 1.44 bits per heavy atom. The average molecular weight is 432 g/mol. The zero-order valence-electron chi connectivity index (χ0n) is 18.6. The van der Waals surface area contributed by atoms with Crippen molar-refractivity contribution in [3.63, 3.8) is 0 Å². The molecule has 0 aliphatic heterocycles. The monoisotopic (exact) mass is 432 g/mol. The van der Waals surface area contributed by atoms with E-state index in [1.165, 1.54) is 6.07 Å². The maximum absolute atomic E-state index is 14.9. The Morgan fingerprint density at radius 1 is 0.844 bits per heavy atom. The first kappa shape index (κ1) is 22.9. The van der Waals surface area contributed by atoms with Gasteiger partial charge in [0.25, 0.3) is 0 Å². The lowest BCUT2D eigenvalue weighted by Gasteiger charge is -2.12. The van der Waals surface area contributed by atoms with Crippen LogP contribution in [0.3, 0.4) is 0 Å². The number of hydrogen-bond acceptors (Lipinski definition) is 4. The van der Waals surface area contributed by atoms with Crippen molar-refractivity contribution in [2.45, 2.75) is 27.7 Å². The van der Waals surface area contributed by atoms with E-state index in [1.807, 2.05) is 13.0 Å². The van der Waals surface area contributed by atoms with Crippen LogP contribution in [0.5, 0.6) is 11.5 Å². The van der Waals surface area contributed by atoms with Gasteiger partial charge in [-0.15, -0.1) is 0 Å². The zero-order chi connectivity index (χ0) is 23.4. The summed E-state index contributed by atoms with van der Waals surface area (Å²) < 4.78 is 25.5. The number of carbonyl (C=O) groups excluding carboxylic acids is 2. The Labute approximate surface area is 187 Å². The van der Waals surface area contributed by atoms with Crippen molar-refractivity contribution in [1.82, 2.24) is 0 Å². The summed E-state index contributed by atoms with van der Waals surface area (Å²) in [7, 11) is 0. The second-order valence-electron chi connectivity index (χ2n) is 7.94. The zero-order valence-corrected chi connectivity index (χ0v) is 18.6. The molecule has 0 unspecified atom stereocenters. The molecule has 164 valence electrons. The largest absolute Gasteiger partial charge is 0.426 e. The molecular formula is C27H25FO4. The topological polar surface area (TPSA) is 52.6 Å². The molecule has 32 heavy (non-hydrogen) atoms. The lowest BCUT2D eigenvalue weighted by atomic mass is 9.97. The van der Waals surface area contributed by atoms with Gasteiger partial charge in [0.05, 0.1) is 5.92 Å². The van der Waals surface area contributed by atoms with E-state index in [1.54, 1.807) is 69.3 Å². The molecule has 3 rings (SSSR count). The van der Waals surface area contributed by atoms with Crippen LogP contribution in [0.15, 0.2) is 72.8 Å². The van der Waals surface area contributed by atoms with Crippen LogP contribution >= 0.6 is 0 Å². The first-order valence-corrected chi connectivity index (χ1v) is 10.3. The summed E-state index contributed by atoms with van der Waals surface area (Å²) in [5.74, 6) is -0.564. The highest BCUT2D eigenvalue weighted by molar-refractivity contribution is 5.89. The number of esters is 2. The highest BCUT2D eigenvalue weighted by Gasteiger charge is 2.13. The van der Waals surface area contributed by atoms with Crippen LogP contribution in [0.25, 0.3) is 22.3 Å². The SMILES string of the molecule is C=C(C)C(=O)Oc1ccc(-c2ccc(-c3ccc(OC(=O)C(C)C)cc3)c(F)c2)c(C)c1. The standard InChI is InChI=1S/C27H25FO4/c1-16(2)26(29)31-21-9-6-19(7-10-21)24-12-8-20(15-25(24)28)23-13-11-22(14-18(23)5)32-27(30)17(3)4/h6-16H,3H2,1-2,4-5H3. The van der Waals surface area contributed by atoms with Gasteiger partial charge >= 0.3 is 11.9 Å². The van der Waals surface area contributed by atoms with Gasteiger partial charge in [-0.1, -0.05) is 50.8 Å². The molecule has 4 nitrogen and oxygen atoms in total. The van der Waals surface area contributed by atoms with Crippen LogP contribution < -0.4 is 9.47 Å². The molecule has 0 heterocycles. The summed E-state index contributed by atoms with van der Waals surface area (Å²) >= 11 is 0. The molecule has 0 amide bonds. The van der Waals surface area contributed by atoms with E-state index < -0.39 is 5.97 Å². The molecule has 3 aromatic carbocycles. The predicted octanol–water partition coefficient (Wildman–Crippen LogP) is 6.51. The molecule has 0 aromatic heterocycles. The van der Waals surface area contributed by atoms with Gasteiger partial charge in [0.1, 0.15) is 17.3 Å². The fourth-order valence-electron chi connectivity index (χ4n) is 3.07. The van der Waals surface area contributed by atoms with Crippen LogP contribution in [-0.4, -0.2) is 11.9 Å². The molecule has 0 saturated carbocycles.